The lowest BCUT2D eigenvalue weighted by Crippen LogP contribution is -2.56. The third-order valence-corrected chi connectivity index (χ3v) is 13.3. The van der Waals surface area contributed by atoms with Crippen molar-refractivity contribution in [2.24, 2.45) is 52.3 Å². The molecule has 0 bridgehead atoms. The predicted octanol–water partition coefficient (Wildman–Crippen LogP) is 9.79. The minimum Gasteiger partial charge on any atom is -0.361 e. The van der Waals surface area contributed by atoms with Gasteiger partial charge in [0.2, 0.25) is 0 Å². The minimum absolute atomic E-state index is 0.557. The Morgan fingerprint density at radius 2 is 1.69 bits per heavy atom. The van der Waals surface area contributed by atoms with Gasteiger partial charge in [0, 0.05) is 23.1 Å². The zero-order valence-corrected chi connectivity index (χ0v) is 25.9. The summed E-state index contributed by atoms with van der Waals surface area (Å²) in [5.74, 6) is 6.71. The van der Waals surface area contributed by atoms with E-state index >= 15 is 0 Å². The highest BCUT2D eigenvalue weighted by Gasteiger charge is 2.60. The van der Waals surface area contributed by atoms with Crippen molar-refractivity contribution in [1.82, 2.24) is 10.3 Å². The van der Waals surface area contributed by atoms with E-state index in [-0.39, 0.29) is 0 Å². The van der Waals surface area contributed by atoms with E-state index in [1.54, 1.807) is 0 Å². The van der Waals surface area contributed by atoms with Gasteiger partial charge in [-0.1, -0.05) is 72.1 Å². The van der Waals surface area contributed by atoms with Gasteiger partial charge in [-0.05, 0) is 135 Å². The summed E-state index contributed by atoms with van der Waals surface area (Å²) in [5, 5.41) is 5.47. The molecule has 4 aliphatic carbocycles. The second-order valence-corrected chi connectivity index (χ2v) is 15.7. The van der Waals surface area contributed by atoms with Gasteiger partial charge in [-0.25, -0.2) is 0 Å². The molecule has 1 heterocycles. The maximum absolute atomic E-state index is 4.07. The molecule has 2 unspecified atom stereocenters. The minimum atomic E-state index is 0.557. The van der Waals surface area contributed by atoms with Crippen molar-refractivity contribution in [3.05, 3.63) is 36.0 Å². The molecule has 216 valence electrons. The second kappa shape index (κ2) is 11.2. The number of nitrogens with one attached hydrogen (secondary N) is 2. The number of hydrogen-bond acceptors (Lipinski definition) is 1. The fourth-order valence-corrected chi connectivity index (χ4v) is 11.3. The highest BCUT2D eigenvalue weighted by atomic mass is 14.9. The molecule has 4 saturated carbocycles. The number of hydrogen-bond donors (Lipinski definition) is 2. The van der Waals surface area contributed by atoms with E-state index in [2.05, 4.69) is 75.4 Å². The molecular weight excluding hydrogens is 472 g/mol. The van der Waals surface area contributed by atoms with Crippen LogP contribution < -0.4 is 5.32 Å². The van der Waals surface area contributed by atoms with Crippen molar-refractivity contribution >= 4 is 10.9 Å². The first-order valence-electron chi connectivity index (χ1n) is 17.1. The molecule has 1 aromatic heterocycles. The van der Waals surface area contributed by atoms with Crippen LogP contribution in [0, 0.1) is 52.3 Å². The van der Waals surface area contributed by atoms with Crippen molar-refractivity contribution < 1.29 is 0 Å². The van der Waals surface area contributed by atoms with Crippen LogP contribution in [0.2, 0.25) is 0 Å². The van der Waals surface area contributed by atoms with Crippen molar-refractivity contribution in [2.75, 3.05) is 6.54 Å². The Morgan fingerprint density at radius 3 is 2.54 bits per heavy atom. The summed E-state index contributed by atoms with van der Waals surface area (Å²) in [6.07, 6.45) is 21.1. The quantitative estimate of drug-likeness (QED) is 0.332. The normalized spacial score (nSPS) is 38.9. The molecule has 2 aromatic rings. The number of para-hydroxylation sites is 1. The van der Waals surface area contributed by atoms with Gasteiger partial charge >= 0.3 is 0 Å². The first-order chi connectivity index (χ1) is 18.8. The van der Waals surface area contributed by atoms with E-state index in [1.807, 2.05) is 0 Å². The largest absolute Gasteiger partial charge is 0.361 e. The van der Waals surface area contributed by atoms with Gasteiger partial charge in [-0.3, -0.25) is 0 Å². The molecule has 0 aliphatic heterocycles. The average Bonchev–Trinajstić information content (AvgIpc) is 3.49. The van der Waals surface area contributed by atoms with Crippen molar-refractivity contribution in [2.45, 2.75) is 124 Å². The molecule has 2 N–H and O–H groups in total. The summed E-state index contributed by atoms with van der Waals surface area (Å²) < 4.78 is 0. The lowest BCUT2D eigenvalue weighted by molar-refractivity contribution is -0.118. The Bertz CT molecular complexity index is 1100. The van der Waals surface area contributed by atoms with E-state index < -0.39 is 0 Å². The first-order valence-corrected chi connectivity index (χ1v) is 17.1. The zero-order chi connectivity index (χ0) is 27.2. The Balaban J connectivity index is 1.09. The monoisotopic (exact) mass is 530 g/mol. The standard InChI is InChI=1S/C37H58N2/c1-25(2)9-8-10-26(3)32-17-18-33-31-16-14-28-13-15-29(23-37(28,5)34(31)19-21-36(32,33)4)38-22-20-27-24-39-35-12-7-6-11-30(27)35/h6-7,11-12,24-26,28-29,31-34,38-39H,8-10,13-23H2,1-5H3/t26-,28?,29?,31+,32-,33+,34+,36-,37+/m1/s1. The molecule has 2 nitrogen and oxygen atoms in total. The maximum atomic E-state index is 4.07. The van der Waals surface area contributed by atoms with Gasteiger partial charge in [0.25, 0.3) is 0 Å². The van der Waals surface area contributed by atoms with E-state index in [1.165, 1.54) is 93.5 Å². The van der Waals surface area contributed by atoms with Crippen LogP contribution in [0.15, 0.2) is 30.5 Å². The van der Waals surface area contributed by atoms with Crippen molar-refractivity contribution in [1.29, 1.82) is 0 Å². The topological polar surface area (TPSA) is 27.8 Å². The molecule has 1 aromatic carbocycles. The van der Waals surface area contributed by atoms with E-state index in [0.717, 1.165) is 54.4 Å². The highest BCUT2D eigenvalue weighted by Crippen LogP contribution is 2.68. The van der Waals surface area contributed by atoms with Gasteiger partial charge in [-0.15, -0.1) is 0 Å². The van der Waals surface area contributed by atoms with Crippen LogP contribution >= 0.6 is 0 Å². The number of H-pyrrole nitrogens is 1. The Morgan fingerprint density at radius 1 is 0.897 bits per heavy atom. The molecule has 0 amide bonds. The van der Waals surface area contributed by atoms with Gasteiger partial charge in [0.05, 0.1) is 0 Å². The Kier molecular flexibility index (Phi) is 7.99. The second-order valence-electron chi connectivity index (χ2n) is 15.7. The molecule has 9 atom stereocenters. The molecule has 2 heteroatoms. The van der Waals surface area contributed by atoms with E-state index in [4.69, 9.17) is 0 Å². The van der Waals surface area contributed by atoms with Crippen LogP contribution in [-0.4, -0.2) is 17.6 Å². The number of rotatable bonds is 9. The summed E-state index contributed by atoms with van der Waals surface area (Å²) >= 11 is 0. The average molecular weight is 531 g/mol. The molecule has 4 aliphatic rings. The van der Waals surface area contributed by atoms with Gasteiger partial charge < -0.3 is 10.3 Å². The molecule has 0 saturated heterocycles. The van der Waals surface area contributed by atoms with Crippen LogP contribution in [0.1, 0.15) is 117 Å². The van der Waals surface area contributed by atoms with Gasteiger partial charge in [-0.2, -0.15) is 0 Å². The summed E-state index contributed by atoms with van der Waals surface area (Å²) in [6, 6.07) is 9.48. The van der Waals surface area contributed by atoms with Crippen molar-refractivity contribution in [3.8, 4) is 0 Å². The smallest absolute Gasteiger partial charge is 0.0456 e. The number of aromatic amines is 1. The number of benzene rings is 1. The predicted molar refractivity (Wildman–Crippen MR) is 167 cm³/mol. The highest BCUT2D eigenvalue weighted by molar-refractivity contribution is 5.83. The molecule has 0 spiro atoms. The molecule has 6 rings (SSSR count). The summed E-state index contributed by atoms with van der Waals surface area (Å²) in [6.45, 7) is 14.0. The summed E-state index contributed by atoms with van der Waals surface area (Å²) in [7, 11) is 0. The summed E-state index contributed by atoms with van der Waals surface area (Å²) in [5.41, 5.74) is 3.92. The van der Waals surface area contributed by atoms with E-state index in [9.17, 15) is 0 Å². The fourth-order valence-electron chi connectivity index (χ4n) is 11.3. The molecule has 4 fully saturated rings. The molecule has 39 heavy (non-hydrogen) atoms. The van der Waals surface area contributed by atoms with Crippen molar-refractivity contribution in [3.63, 3.8) is 0 Å². The maximum Gasteiger partial charge on any atom is 0.0456 e. The third kappa shape index (κ3) is 5.15. The zero-order valence-electron chi connectivity index (χ0n) is 25.9. The van der Waals surface area contributed by atoms with Crippen LogP contribution in [0.3, 0.4) is 0 Å². The fraction of sp³-hybridized carbons (Fsp3) is 0.784. The van der Waals surface area contributed by atoms with Gasteiger partial charge in [0.15, 0.2) is 0 Å². The lowest BCUT2D eigenvalue weighted by Gasteiger charge is -2.61. The number of aromatic nitrogens is 1. The third-order valence-electron chi connectivity index (χ3n) is 13.3. The van der Waals surface area contributed by atoms with Crippen LogP contribution in [0.4, 0.5) is 0 Å². The molecule has 0 radical (unpaired) electrons. The SMILES string of the molecule is CC(C)CCC[C@@H](C)[C@H]1CC[C@H]2[C@@H]3CCC4CCC(NCCc5c[nH]c6ccccc56)C[C@]4(C)[C@H]3CC[C@]12C. The van der Waals surface area contributed by atoms with Crippen LogP contribution in [-0.2, 0) is 6.42 Å². The Labute approximate surface area is 239 Å². The van der Waals surface area contributed by atoms with Crippen LogP contribution in [0.25, 0.3) is 10.9 Å². The van der Waals surface area contributed by atoms with Crippen LogP contribution in [0.5, 0.6) is 0 Å². The molecular formula is C37H58N2. The lowest BCUT2D eigenvalue weighted by atomic mass is 9.44. The number of fused-ring (bicyclic) bond motifs is 6. The Hall–Kier alpha value is -1.28. The first kappa shape index (κ1) is 27.9. The van der Waals surface area contributed by atoms with E-state index in [0.29, 0.717) is 16.9 Å². The van der Waals surface area contributed by atoms with Gasteiger partial charge in [0.1, 0.15) is 0 Å². The summed E-state index contributed by atoms with van der Waals surface area (Å²) in [4.78, 5) is 3.47.